The zero-order chi connectivity index (χ0) is 19.7. The summed E-state index contributed by atoms with van der Waals surface area (Å²) >= 11 is 0. The van der Waals surface area contributed by atoms with Crippen molar-refractivity contribution in [2.75, 3.05) is 34.2 Å². The number of carboxylic acid groups (broad SMARTS) is 1. The Balaban J connectivity index is 0.00000105. The number of likely N-dealkylation sites (N-methyl/N-ethyl adjacent to an activating group) is 2. The molecule has 1 aliphatic rings. The maximum Gasteiger partial charge on any atom is 0.290 e. The van der Waals surface area contributed by atoms with Crippen LogP contribution in [0.4, 0.5) is 0 Å². The van der Waals surface area contributed by atoms with Gasteiger partial charge in [-0.2, -0.15) is 0 Å². The molecule has 1 amide bonds. The van der Waals surface area contributed by atoms with Crippen molar-refractivity contribution in [3.05, 3.63) is 34.9 Å². The van der Waals surface area contributed by atoms with Gasteiger partial charge >= 0.3 is 0 Å². The number of nitrogens with zero attached hydrogens (tertiary/aromatic N) is 2. The number of nitrogens with one attached hydrogen (secondary N) is 1. The van der Waals surface area contributed by atoms with Gasteiger partial charge in [0.1, 0.15) is 0 Å². The molecule has 1 aliphatic heterocycles. The Hall–Kier alpha value is -1.92. The Bertz CT molecular complexity index is 590. The largest absolute Gasteiger partial charge is 0.483 e. The van der Waals surface area contributed by atoms with Crippen molar-refractivity contribution in [3.8, 4) is 0 Å². The molecule has 0 aromatic heterocycles. The molecule has 1 fully saturated rings. The summed E-state index contributed by atoms with van der Waals surface area (Å²) in [6, 6.07) is 6.93. The van der Waals surface area contributed by atoms with Gasteiger partial charge < -0.3 is 20.2 Å². The van der Waals surface area contributed by atoms with Crippen LogP contribution in [-0.2, 0) is 16.1 Å². The third kappa shape index (κ3) is 7.14. The van der Waals surface area contributed by atoms with Crippen molar-refractivity contribution in [2.45, 2.75) is 39.3 Å². The summed E-state index contributed by atoms with van der Waals surface area (Å²) in [5.41, 5.74) is 3.74. The summed E-state index contributed by atoms with van der Waals surface area (Å²) in [7, 11) is 6.36. The average Bonchev–Trinajstić information content (AvgIpc) is 2.78. The van der Waals surface area contributed by atoms with E-state index in [-0.39, 0.29) is 18.3 Å². The van der Waals surface area contributed by atoms with Crippen molar-refractivity contribution >= 4 is 12.4 Å². The first-order valence-electron chi connectivity index (χ1n) is 9.05. The van der Waals surface area contributed by atoms with E-state index in [0.29, 0.717) is 12.6 Å². The van der Waals surface area contributed by atoms with Gasteiger partial charge in [-0.25, -0.2) is 0 Å². The van der Waals surface area contributed by atoms with Gasteiger partial charge in [-0.05, 0) is 64.5 Å². The molecule has 0 radical (unpaired) electrons. The number of aryl methyl sites for hydroxylation is 2. The Morgan fingerprint density at radius 1 is 1.27 bits per heavy atom. The molecular weight excluding hydrogens is 330 g/mol. The highest BCUT2D eigenvalue weighted by atomic mass is 16.3. The number of amides is 1. The lowest BCUT2D eigenvalue weighted by atomic mass is 10.0. The third-order valence-corrected chi connectivity index (χ3v) is 5.04. The third-order valence-electron chi connectivity index (χ3n) is 5.04. The lowest BCUT2D eigenvalue weighted by Gasteiger charge is -2.25. The van der Waals surface area contributed by atoms with Crippen LogP contribution in [0.5, 0.6) is 0 Å². The summed E-state index contributed by atoms with van der Waals surface area (Å²) in [6.07, 6.45) is 2.05. The number of hydrogen-bond donors (Lipinski definition) is 2. The molecule has 6 nitrogen and oxygen atoms in total. The average molecular weight is 364 g/mol. The molecule has 6 heteroatoms. The first kappa shape index (κ1) is 22.1. The van der Waals surface area contributed by atoms with Crippen molar-refractivity contribution < 1.29 is 14.7 Å². The monoisotopic (exact) mass is 363 g/mol. The van der Waals surface area contributed by atoms with Gasteiger partial charge in [0.2, 0.25) is 5.91 Å². The molecule has 2 rings (SSSR count). The number of hydrogen-bond acceptors (Lipinski definition) is 4. The Morgan fingerprint density at radius 3 is 2.50 bits per heavy atom. The second-order valence-electron chi connectivity index (χ2n) is 7.35. The molecule has 146 valence electrons. The number of rotatable bonds is 4. The van der Waals surface area contributed by atoms with Crippen LogP contribution in [0.3, 0.4) is 0 Å². The van der Waals surface area contributed by atoms with E-state index in [1.54, 1.807) is 0 Å². The zero-order valence-electron chi connectivity index (χ0n) is 16.7. The first-order valence-corrected chi connectivity index (χ1v) is 9.05. The highest BCUT2D eigenvalue weighted by Crippen LogP contribution is 2.19. The molecule has 1 saturated heterocycles. The van der Waals surface area contributed by atoms with Crippen molar-refractivity contribution in [2.24, 2.45) is 5.92 Å². The van der Waals surface area contributed by atoms with Gasteiger partial charge in [0.15, 0.2) is 0 Å². The molecule has 0 saturated carbocycles. The van der Waals surface area contributed by atoms with E-state index in [1.807, 2.05) is 0 Å². The SMILES string of the molecule is Cc1ccc(CNC(=O)[C@@H]2CC[C@H](N(C)C)CN(C)C2)cc1C.O=CO. The maximum absolute atomic E-state index is 12.5. The van der Waals surface area contributed by atoms with E-state index < -0.39 is 0 Å². The molecule has 1 aromatic carbocycles. The van der Waals surface area contributed by atoms with E-state index in [1.165, 1.54) is 16.7 Å². The quantitative estimate of drug-likeness (QED) is 0.800. The normalized spacial score (nSPS) is 20.7. The van der Waals surface area contributed by atoms with E-state index >= 15 is 0 Å². The van der Waals surface area contributed by atoms with Crippen molar-refractivity contribution in [3.63, 3.8) is 0 Å². The Morgan fingerprint density at radius 2 is 1.92 bits per heavy atom. The summed E-state index contributed by atoms with van der Waals surface area (Å²) in [5.74, 6) is 0.283. The highest BCUT2D eigenvalue weighted by Gasteiger charge is 2.27. The first-order chi connectivity index (χ1) is 12.3. The summed E-state index contributed by atoms with van der Waals surface area (Å²) < 4.78 is 0. The van der Waals surface area contributed by atoms with Gasteiger partial charge in [0.25, 0.3) is 6.47 Å². The topological polar surface area (TPSA) is 72.9 Å². The predicted octanol–water partition coefficient (Wildman–Crippen LogP) is 1.89. The molecule has 2 N–H and O–H groups in total. The summed E-state index contributed by atoms with van der Waals surface area (Å²) in [5, 5.41) is 10.0. The summed E-state index contributed by atoms with van der Waals surface area (Å²) in [6.45, 7) is 6.48. The standard InChI is InChI=1S/C19H31N3O.CH2O2/c1-14-6-7-16(10-15(14)2)11-20-19(23)17-8-9-18(21(3)4)13-22(5)12-17;2-1-3/h6-7,10,17-18H,8-9,11-13H2,1-5H3,(H,20,23);1H,(H,2,3)/t17-,18+;/m1./s1. The molecular formula is C20H33N3O3. The number of carbonyl (C=O) groups is 2. The molecule has 0 unspecified atom stereocenters. The smallest absolute Gasteiger partial charge is 0.290 e. The maximum atomic E-state index is 12.5. The van der Waals surface area contributed by atoms with Crippen molar-refractivity contribution in [1.29, 1.82) is 0 Å². The van der Waals surface area contributed by atoms with Crippen LogP contribution in [0.1, 0.15) is 29.5 Å². The predicted molar refractivity (Wildman–Crippen MR) is 104 cm³/mol. The minimum Gasteiger partial charge on any atom is -0.483 e. The van der Waals surface area contributed by atoms with E-state index in [2.05, 4.69) is 68.3 Å². The van der Waals surface area contributed by atoms with Crippen molar-refractivity contribution in [1.82, 2.24) is 15.1 Å². The van der Waals surface area contributed by atoms with Crippen LogP contribution in [0.2, 0.25) is 0 Å². The molecule has 0 bridgehead atoms. The number of benzene rings is 1. The van der Waals surface area contributed by atoms with Crippen LogP contribution in [0.25, 0.3) is 0 Å². The lowest BCUT2D eigenvalue weighted by Crippen LogP contribution is -2.39. The van der Waals surface area contributed by atoms with Gasteiger partial charge in [-0.1, -0.05) is 18.2 Å². The van der Waals surface area contributed by atoms with E-state index in [9.17, 15) is 4.79 Å². The molecule has 0 aliphatic carbocycles. The second-order valence-corrected chi connectivity index (χ2v) is 7.35. The second kappa shape index (κ2) is 10.9. The molecule has 26 heavy (non-hydrogen) atoms. The highest BCUT2D eigenvalue weighted by molar-refractivity contribution is 5.78. The van der Waals surface area contributed by atoms with Crippen LogP contribution >= 0.6 is 0 Å². The molecule has 2 atom stereocenters. The number of likely N-dealkylation sites (tertiary alicyclic amines) is 1. The van der Waals surface area contributed by atoms with Gasteiger partial charge in [0, 0.05) is 25.7 Å². The lowest BCUT2D eigenvalue weighted by molar-refractivity contribution is -0.126. The van der Waals surface area contributed by atoms with Gasteiger partial charge in [-0.3, -0.25) is 9.59 Å². The minimum atomic E-state index is -0.250. The van der Waals surface area contributed by atoms with Crippen LogP contribution in [0, 0.1) is 19.8 Å². The number of carbonyl (C=O) groups excluding carboxylic acids is 1. The van der Waals surface area contributed by atoms with E-state index in [0.717, 1.165) is 25.9 Å². The van der Waals surface area contributed by atoms with E-state index in [4.69, 9.17) is 9.90 Å². The van der Waals surface area contributed by atoms with Gasteiger partial charge in [0.05, 0.1) is 5.92 Å². The zero-order valence-corrected chi connectivity index (χ0v) is 16.7. The van der Waals surface area contributed by atoms with Gasteiger partial charge in [-0.15, -0.1) is 0 Å². The fourth-order valence-corrected chi connectivity index (χ4v) is 3.27. The molecule has 0 spiro atoms. The summed E-state index contributed by atoms with van der Waals surface area (Å²) in [4.78, 5) is 25.5. The van der Waals surface area contributed by atoms with Crippen LogP contribution in [0.15, 0.2) is 18.2 Å². The van der Waals surface area contributed by atoms with Crippen LogP contribution < -0.4 is 5.32 Å². The Labute approximate surface area is 157 Å². The Kier molecular flexibility index (Phi) is 9.30. The fourth-order valence-electron chi connectivity index (χ4n) is 3.27. The fraction of sp³-hybridized carbons (Fsp3) is 0.600. The molecule has 1 heterocycles. The van der Waals surface area contributed by atoms with Crippen LogP contribution in [-0.4, -0.2) is 67.6 Å². The molecule has 1 aromatic rings. The minimum absolute atomic E-state index is 0.0940.